The van der Waals surface area contributed by atoms with Gasteiger partial charge in [-0.3, -0.25) is 4.79 Å². The third kappa shape index (κ3) is 3.04. The van der Waals surface area contributed by atoms with Gasteiger partial charge in [0.1, 0.15) is 17.1 Å². The minimum atomic E-state index is -0.225. The molecule has 3 rings (SSSR count). The second-order valence-electron chi connectivity index (χ2n) is 5.36. The van der Waals surface area contributed by atoms with Gasteiger partial charge in [0.15, 0.2) is 0 Å². The average Bonchev–Trinajstić information content (AvgIpc) is 2.65. The Balaban J connectivity index is 1.86. The van der Waals surface area contributed by atoms with Crippen molar-refractivity contribution in [2.24, 2.45) is 0 Å². The topological polar surface area (TPSA) is 47.6 Å². The zero-order valence-electron chi connectivity index (χ0n) is 13.7. The van der Waals surface area contributed by atoms with Gasteiger partial charge in [-0.15, -0.1) is 0 Å². The van der Waals surface area contributed by atoms with Gasteiger partial charge < -0.3 is 14.8 Å². The first kappa shape index (κ1) is 15.9. The first-order valence-electron chi connectivity index (χ1n) is 7.70. The molecule has 0 heterocycles. The Morgan fingerprint density at radius 2 is 1.50 bits per heavy atom. The van der Waals surface area contributed by atoms with Crippen LogP contribution in [0.2, 0.25) is 0 Å². The minimum Gasteiger partial charge on any atom is -0.496 e. The van der Waals surface area contributed by atoms with E-state index in [1.54, 1.807) is 18.2 Å². The maximum absolute atomic E-state index is 12.6. The van der Waals surface area contributed by atoms with Crippen LogP contribution in [0.15, 0.2) is 60.7 Å². The predicted octanol–water partition coefficient (Wildman–Crippen LogP) is 3.79. The van der Waals surface area contributed by atoms with Crippen LogP contribution in [0, 0.1) is 0 Å². The molecule has 0 radical (unpaired) electrons. The van der Waals surface area contributed by atoms with E-state index in [0.717, 1.165) is 16.3 Å². The first-order valence-corrected chi connectivity index (χ1v) is 7.70. The summed E-state index contributed by atoms with van der Waals surface area (Å²) in [5.74, 6) is 0.756. The molecule has 0 saturated heterocycles. The number of methoxy groups -OCH3 is 2. The number of nitrogens with one attached hydrogen (secondary N) is 1. The van der Waals surface area contributed by atoms with Crippen LogP contribution >= 0.6 is 0 Å². The van der Waals surface area contributed by atoms with Crippen molar-refractivity contribution in [3.63, 3.8) is 0 Å². The number of hydrogen-bond acceptors (Lipinski definition) is 3. The van der Waals surface area contributed by atoms with Crippen LogP contribution in [0.25, 0.3) is 10.8 Å². The number of amides is 1. The number of carbonyl (C=O) groups excluding carboxylic acids is 1. The van der Waals surface area contributed by atoms with Crippen molar-refractivity contribution in [3.8, 4) is 11.5 Å². The molecular weight excluding hydrogens is 302 g/mol. The van der Waals surface area contributed by atoms with Crippen LogP contribution in [0.3, 0.4) is 0 Å². The van der Waals surface area contributed by atoms with Gasteiger partial charge in [-0.2, -0.15) is 0 Å². The predicted molar refractivity (Wildman–Crippen MR) is 94.7 cm³/mol. The van der Waals surface area contributed by atoms with Crippen LogP contribution in [0.5, 0.6) is 11.5 Å². The van der Waals surface area contributed by atoms with Crippen molar-refractivity contribution in [1.29, 1.82) is 0 Å². The van der Waals surface area contributed by atoms with Crippen LogP contribution in [-0.4, -0.2) is 20.1 Å². The molecule has 0 aliphatic heterocycles. The number of fused-ring (bicyclic) bond motifs is 1. The van der Waals surface area contributed by atoms with E-state index in [1.807, 2.05) is 24.3 Å². The molecule has 4 heteroatoms. The van der Waals surface area contributed by atoms with Gasteiger partial charge >= 0.3 is 0 Å². The lowest BCUT2D eigenvalue weighted by molar-refractivity contribution is 0.0945. The van der Waals surface area contributed by atoms with Crippen molar-refractivity contribution in [2.45, 2.75) is 6.54 Å². The summed E-state index contributed by atoms with van der Waals surface area (Å²) in [5.41, 5.74) is 1.47. The number of hydrogen-bond donors (Lipinski definition) is 1. The van der Waals surface area contributed by atoms with Crippen LogP contribution in [-0.2, 0) is 6.54 Å². The highest BCUT2D eigenvalue weighted by Gasteiger charge is 2.18. The zero-order valence-corrected chi connectivity index (χ0v) is 13.7. The van der Waals surface area contributed by atoms with Crippen molar-refractivity contribution in [2.75, 3.05) is 14.2 Å². The minimum absolute atomic E-state index is 0.225. The molecule has 0 fully saturated rings. The van der Waals surface area contributed by atoms with E-state index in [0.29, 0.717) is 23.6 Å². The highest BCUT2D eigenvalue weighted by molar-refractivity contribution is 6.00. The zero-order chi connectivity index (χ0) is 16.9. The normalized spacial score (nSPS) is 10.4. The van der Waals surface area contributed by atoms with Gasteiger partial charge in [-0.25, -0.2) is 0 Å². The smallest absolute Gasteiger partial charge is 0.259 e. The molecule has 0 atom stereocenters. The van der Waals surface area contributed by atoms with Crippen molar-refractivity contribution in [1.82, 2.24) is 5.32 Å². The Morgan fingerprint density at radius 1 is 0.875 bits per heavy atom. The van der Waals surface area contributed by atoms with Crippen LogP contribution in [0.4, 0.5) is 0 Å². The molecule has 0 bridgehead atoms. The molecule has 4 nitrogen and oxygen atoms in total. The monoisotopic (exact) mass is 321 g/mol. The molecule has 1 N–H and O–H groups in total. The van der Waals surface area contributed by atoms with E-state index in [9.17, 15) is 4.79 Å². The molecule has 0 spiro atoms. The first-order chi connectivity index (χ1) is 11.7. The molecule has 24 heavy (non-hydrogen) atoms. The van der Waals surface area contributed by atoms with Crippen molar-refractivity contribution >= 4 is 16.7 Å². The molecule has 0 saturated carbocycles. The lowest BCUT2D eigenvalue weighted by Gasteiger charge is -2.13. The molecule has 3 aromatic rings. The maximum atomic E-state index is 12.6. The maximum Gasteiger partial charge on any atom is 0.259 e. The summed E-state index contributed by atoms with van der Waals surface area (Å²) in [6.07, 6.45) is 0. The molecule has 0 aliphatic rings. The van der Waals surface area contributed by atoms with Crippen molar-refractivity contribution < 1.29 is 14.3 Å². The second kappa shape index (κ2) is 7.04. The van der Waals surface area contributed by atoms with Gasteiger partial charge in [0.2, 0.25) is 0 Å². The summed E-state index contributed by atoms with van der Waals surface area (Å²) < 4.78 is 10.6. The lowest BCUT2D eigenvalue weighted by Crippen LogP contribution is -2.24. The molecule has 1 amide bonds. The highest BCUT2D eigenvalue weighted by atomic mass is 16.5. The van der Waals surface area contributed by atoms with E-state index < -0.39 is 0 Å². The Hall–Kier alpha value is -3.01. The fourth-order valence-corrected chi connectivity index (χ4v) is 2.79. The summed E-state index contributed by atoms with van der Waals surface area (Å²) in [4.78, 5) is 12.6. The number of ether oxygens (including phenoxy) is 2. The highest BCUT2D eigenvalue weighted by Crippen LogP contribution is 2.28. The standard InChI is InChI=1S/C20H19NO3/c1-23-17-11-6-12-18(24-2)19(17)20(22)21-13-15-9-5-8-14-7-3-4-10-16(14)15/h3-12H,13H2,1-2H3,(H,21,22). The van der Waals surface area contributed by atoms with Crippen LogP contribution < -0.4 is 14.8 Å². The largest absolute Gasteiger partial charge is 0.496 e. The summed E-state index contributed by atoms with van der Waals surface area (Å²) >= 11 is 0. The third-order valence-corrected chi connectivity index (χ3v) is 3.97. The van der Waals surface area contributed by atoms with Gasteiger partial charge in [-0.1, -0.05) is 48.5 Å². The lowest BCUT2D eigenvalue weighted by atomic mass is 10.0. The van der Waals surface area contributed by atoms with E-state index >= 15 is 0 Å². The average molecular weight is 321 g/mol. The summed E-state index contributed by atoms with van der Waals surface area (Å²) in [5, 5.41) is 5.24. The molecule has 0 aliphatic carbocycles. The quantitative estimate of drug-likeness (QED) is 0.778. The van der Waals surface area contributed by atoms with E-state index in [-0.39, 0.29) is 5.91 Å². The Kier molecular flexibility index (Phi) is 4.66. The summed E-state index contributed by atoms with van der Waals surface area (Å²) in [6.45, 7) is 0.432. The molecule has 0 aromatic heterocycles. The molecular formula is C20H19NO3. The molecule has 0 unspecified atom stereocenters. The van der Waals surface area contributed by atoms with E-state index in [1.165, 1.54) is 14.2 Å². The fourth-order valence-electron chi connectivity index (χ4n) is 2.79. The number of benzene rings is 3. The Morgan fingerprint density at radius 3 is 2.21 bits per heavy atom. The molecule has 122 valence electrons. The fraction of sp³-hybridized carbons (Fsp3) is 0.150. The summed E-state index contributed by atoms with van der Waals surface area (Å²) in [6, 6.07) is 19.5. The van der Waals surface area contributed by atoms with Gasteiger partial charge in [0.25, 0.3) is 5.91 Å². The molecule has 3 aromatic carbocycles. The van der Waals surface area contributed by atoms with Crippen molar-refractivity contribution in [3.05, 3.63) is 71.8 Å². The van der Waals surface area contributed by atoms with Gasteiger partial charge in [0.05, 0.1) is 14.2 Å². The number of rotatable bonds is 5. The third-order valence-electron chi connectivity index (χ3n) is 3.97. The van der Waals surface area contributed by atoms with Gasteiger partial charge in [0, 0.05) is 6.54 Å². The Bertz CT molecular complexity index is 846. The SMILES string of the molecule is COc1cccc(OC)c1C(=O)NCc1cccc2ccccc12. The second-order valence-corrected chi connectivity index (χ2v) is 5.36. The van der Waals surface area contributed by atoms with E-state index in [2.05, 4.69) is 23.5 Å². The van der Waals surface area contributed by atoms with Crippen LogP contribution in [0.1, 0.15) is 15.9 Å². The van der Waals surface area contributed by atoms with E-state index in [4.69, 9.17) is 9.47 Å². The van der Waals surface area contributed by atoms with Gasteiger partial charge in [-0.05, 0) is 28.5 Å². The summed E-state index contributed by atoms with van der Waals surface area (Å²) in [7, 11) is 3.08. The number of carbonyl (C=O) groups is 1. The Labute approximate surface area is 141 Å².